The second-order valence-electron chi connectivity index (χ2n) is 9.33. The van der Waals surface area contributed by atoms with Gasteiger partial charge in [0.25, 0.3) is 11.2 Å². The van der Waals surface area contributed by atoms with Crippen molar-refractivity contribution in [3.63, 3.8) is 0 Å². The second kappa shape index (κ2) is 10.0. The van der Waals surface area contributed by atoms with Gasteiger partial charge in [-0.1, -0.05) is 0 Å². The van der Waals surface area contributed by atoms with E-state index in [1.54, 1.807) is 25.4 Å². The van der Waals surface area contributed by atoms with Gasteiger partial charge in [0.05, 0.1) is 17.1 Å². The number of anilines is 3. The zero-order valence-electron chi connectivity index (χ0n) is 19.9. The highest BCUT2D eigenvalue weighted by molar-refractivity contribution is 9.10. The summed E-state index contributed by atoms with van der Waals surface area (Å²) in [7, 11) is 1.62. The molecule has 10 nitrogen and oxygen atoms in total. The number of benzene rings is 1. The van der Waals surface area contributed by atoms with Gasteiger partial charge in [0.15, 0.2) is 5.82 Å². The topological polar surface area (TPSA) is 106 Å². The van der Waals surface area contributed by atoms with E-state index in [0.717, 1.165) is 25.9 Å². The van der Waals surface area contributed by atoms with Gasteiger partial charge in [0, 0.05) is 56.7 Å². The molecule has 34 heavy (non-hydrogen) atoms. The van der Waals surface area contributed by atoms with Gasteiger partial charge in [-0.05, 0) is 61.7 Å². The molecule has 184 valence electrons. The minimum absolute atomic E-state index is 0.00503. The molecule has 0 spiro atoms. The first kappa shape index (κ1) is 24.6. The summed E-state index contributed by atoms with van der Waals surface area (Å²) in [5.74, 6) is 0.0980. The van der Waals surface area contributed by atoms with Crippen LogP contribution in [0.15, 0.2) is 33.8 Å². The maximum Gasteiger partial charge on any atom is 0.294 e. The van der Waals surface area contributed by atoms with Crippen LogP contribution in [0.1, 0.15) is 33.6 Å². The largest absolute Gasteiger partial charge is 0.375 e. The van der Waals surface area contributed by atoms with E-state index >= 15 is 0 Å². The van der Waals surface area contributed by atoms with Crippen LogP contribution in [0.4, 0.5) is 22.9 Å². The Morgan fingerprint density at radius 3 is 2.56 bits per heavy atom. The Balaban J connectivity index is 1.53. The molecular formula is C23H31BrN6O4. The Labute approximate surface area is 207 Å². The fourth-order valence-electron chi connectivity index (χ4n) is 5.12. The highest BCUT2D eigenvalue weighted by atomic mass is 79.9. The van der Waals surface area contributed by atoms with E-state index in [-0.39, 0.29) is 40.2 Å². The molecule has 11 heteroatoms. The third-order valence-electron chi connectivity index (χ3n) is 6.63. The molecule has 3 heterocycles. The van der Waals surface area contributed by atoms with Crippen molar-refractivity contribution in [3.05, 3.63) is 49.5 Å². The van der Waals surface area contributed by atoms with Crippen LogP contribution >= 0.6 is 15.9 Å². The molecule has 1 aromatic heterocycles. The molecule has 0 saturated carbocycles. The first-order chi connectivity index (χ1) is 16.1. The molecule has 2 aliphatic heterocycles. The van der Waals surface area contributed by atoms with Gasteiger partial charge >= 0.3 is 0 Å². The van der Waals surface area contributed by atoms with Crippen molar-refractivity contribution in [2.24, 2.45) is 7.05 Å². The summed E-state index contributed by atoms with van der Waals surface area (Å²) in [6.45, 7) is 8.77. The lowest BCUT2D eigenvalue weighted by atomic mass is 9.96. The van der Waals surface area contributed by atoms with Crippen LogP contribution in [0, 0.1) is 10.1 Å². The molecule has 1 aromatic carbocycles. The van der Waals surface area contributed by atoms with E-state index in [4.69, 9.17) is 4.74 Å². The Morgan fingerprint density at radius 2 is 1.91 bits per heavy atom. The molecule has 2 aromatic rings. The maximum atomic E-state index is 12.4. The fraction of sp³-hybridized carbons (Fsp3) is 0.565. The first-order valence-electron chi connectivity index (χ1n) is 11.6. The molecule has 2 aliphatic rings. The number of nitro benzene ring substituents is 1. The number of ether oxygens (including phenoxy) is 1. The normalized spacial score (nSPS) is 25.9. The van der Waals surface area contributed by atoms with E-state index in [1.807, 2.05) is 0 Å². The minimum atomic E-state index is -0.367. The number of nitro groups is 1. The summed E-state index contributed by atoms with van der Waals surface area (Å²) in [6, 6.07) is 5.58. The molecule has 0 amide bonds. The molecule has 1 N–H and O–H groups in total. The number of hydrogen-bond donors (Lipinski definition) is 1. The number of hydrogen-bond acceptors (Lipinski definition) is 8. The highest BCUT2D eigenvalue weighted by Gasteiger charge is 2.35. The van der Waals surface area contributed by atoms with E-state index in [2.05, 4.69) is 56.8 Å². The van der Waals surface area contributed by atoms with Crippen LogP contribution in [0.25, 0.3) is 0 Å². The molecule has 2 fully saturated rings. The predicted octanol–water partition coefficient (Wildman–Crippen LogP) is 3.66. The number of nitrogens with zero attached hydrogens (tertiary/aromatic N) is 5. The number of nitrogens with one attached hydrogen (secondary N) is 1. The number of piperazine rings is 1. The third-order valence-corrected chi connectivity index (χ3v) is 7.02. The second-order valence-corrected chi connectivity index (χ2v) is 10.1. The Morgan fingerprint density at radius 1 is 1.21 bits per heavy atom. The minimum Gasteiger partial charge on any atom is -0.375 e. The van der Waals surface area contributed by atoms with E-state index in [9.17, 15) is 14.9 Å². The lowest BCUT2D eigenvalue weighted by Crippen LogP contribution is -2.57. The predicted molar refractivity (Wildman–Crippen MR) is 135 cm³/mol. The third kappa shape index (κ3) is 5.26. The van der Waals surface area contributed by atoms with E-state index in [0.29, 0.717) is 28.6 Å². The fourth-order valence-corrected chi connectivity index (χ4v) is 5.61. The summed E-state index contributed by atoms with van der Waals surface area (Å²) in [5, 5.41) is 14.9. The van der Waals surface area contributed by atoms with Gasteiger partial charge in [-0.25, -0.2) is 4.98 Å². The molecule has 0 bridgehead atoms. The quantitative estimate of drug-likeness (QED) is 0.457. The molecule has 0 radical (unpaired) electrons. The lowest BCUT2D eigenvalue weighted by Gasteiger charge is -2.46. The molecule has 4 atom stereocenters. The smallest absolute Gasteiger partial charge is 0.294 e. The van der Waals surface area contributed by atoms with Gasteiger partial charge in [-0.2, -0.15) is 0 Å². The Kier molecular flexibility index (Phi) is 7.25. The summed E-state index contributed by atoms with van der Waals surface area (Å²) in [6.07, 6.45) is 4.09. The van der Waals surface area contributed by atoms with Gasteiger partial charge in [0.2, 0.25) is 0 Å². The van der Waals surface area contributed by atoms with Crippen molar-refractivity contribution < 1.29 is 9.66 Å². The van der Waals surface area contributed by atoms with Crippen molar-refractivity contribution in [2.45, 2.75) is 57.9 Å². The SMILES string of the molecule is C[C@@H]1CC(N2CCN(c3ccc(Nc4nc(Br)cn(C)c4=O)cc3[N+](=O)[O-])[C@@H](C)C2)C[C@H](C)O1. The van der Waals surface area contributed by atoms with Crippen molar-refractivity contribution >= 4 is 38.8 Å². The number of aromatic nitrogens is 2. The van der Waals surface area contributed by atoms with Gasteiger partial charge in [-0.15, -0.1) is 0 Å². The Hall–Kier alpha value is -2.50. The van der Waals surface area contributed by atoms with E-state index in [1.165, 1.54) is 10.6 Å². The number of aryl methyl sites for hydroxylation is 1. The average Bonchev–Trinajstić information content (AvgIpc) is 2.76. The molecular weight excluding hydrogens is 504 g/mol. The van der Waals surface area contributed by atoms with E-state index < -0.39 is 0 Å². The van der Waals surface area contributed by atoms with Crippen molar-refractivity contribution in [1.82, 2.24) is 14.5 Å². The lowest BCUT2D eigenvalue weighted by molar-refractivity contribution is -0.384. The monoisotopic (exact) mass is 534 g/mol. The standard InChI is InChI=1S/C23H31BrN6O4/c1-14-12-28(18-9-15(2)34-16(3)10-18)7-8-29(14)19-6-5-17(11-20(19)30(32)33)25-22-23(31)27(4)13-21(24)26-22/h5-6,11,13-16,18H,7-10,12H2,1-4H3,(H,25,26)/t14-,15-,16+,18?/m0/s1. The zero-order valence-corrected chi connectivity index (χ0v) is 21.5. The van der Waals surface area contributed by atoms with Crippen molar-refractivity contribution in [3.8, 4) is 0 Å². The summed E-state index contributed by atoms with van der Waals surface area (Å²) < 4.78 is 7.78. The van der Waals surface area contributed by atoms with Gasteiger partial charge in [-0.3, -0.25) is 19.8 Å². The van der Waals surface area contributed by atoms with Crippen LogP contribution in [-0.4, -0.2) is 63.3 Å². The molecule has 2 saturated heterocycles. The highest BCUT2D eigenvalue weighted by Crippen LogP contribution is 2.35. The Bertz CT molecular complexity index is 1120. The van der Waals surface area contributed by atoms with Crippen LogP contribution in [-0.2, 0) is 11.8 Å². The molecule has 1 unspecified atom stereocenters. The average molecular weight is 535 g/mol. The number of halogens is 1. The van der Waals surface area contributed by atoms with Crippen LogP contribution in [0.5, 0.6) is 0 Å². The summed E-state index contributed by atoms with van der Waals surface area (Å²) >= 11 is 3.27. The van der Waals surface area contributed by atoms with Crippen LogP contribution in [0.2, 0.25) is 0 Å². The van der Waals surface area contributed by atoms with Crippen molar-refractivity contribution in [1.29, 1.82) is 0 Å². The zero-order chi connectivity index (χ0) is 24.6. The van der Waals surface area contributed by atoms with Gasteiger partial charge < -0.3 is 19.5 Å². The van der Waals surface area contributed by atoms with Crippen molar-refractivity contribution in [2.75, 3.05) is 29.9 Å². The molecule has 4 rings (SSSR count). The number of rotatable bonds is 5. The maximum absolute atomic E-state index is 12.4. The van der Waals surface area contributed by atoms with Crippen LogP contribution in [0.3, 0.4) is 0 Å². The van der Waals surface area contributed by atoms with Crippen LogP contribution < -0.4 is 15.8 Å². The van der Waals surface area contributed by atoms with Gasteiger partial charge in [0.1, 0.15) is 10.3 Å². The summed E-state index contributed by atoms with van der Waals surface area (Å²) in [5.41, 5.74) is 0.711. The first-order valence-corrected chi connectivity index (χ1v) is 12.4. The molecule has 0 aliphatic carbocycles. The summed E-state index contributed by atoms with van der Waals surface area (Å²) in [4.78, 5) is 32.8.